The van der Waals surface area contributed by atoms with Crippen molar-refractivity contribution in [1.29, 1.82) is 0 Å². The van der Waals surface area contributed by atoms with E-state index in [1.807, 2.05) is 23.0 Å². The molecule has 1 atom stereocenters. The Balaban J connectivity index is 1.61. The Hall–Kier alpha value is -2.53. The molecular formula is C18H21N5. The van der Waals surface area contributed by atoms with Crippen molar-refractivity contribution in [2.75, 3.05) is 7.05 Å². The van der Waals surface area contributed by atoms with Crippen LogP contribution in [0.3, 0.4) is 0 Å². The fourth-order valence-corrected chi connectivity index (χ4v) is 2.53. The Morgan fingerprint density at radius 2 is 1.87 bits per heavy atom. The molecule has 0 amide bonds. The molecule has 0 saturated carbocycles. The monoisotopic (exact) mass is 307 g/mol. The molecule has 0 spiro atoms. The normalized spacial score (nSPS) is 12.5. The predicted octanol–water partition coefficient (Wildman–Crippen LogP) is 2.91. The van der Waals surface area contributed by atoms with Crippen LogP contribution in [-0.4, -0.2) is 31.7 Å². The number of nitrogens with zero attached hydrogens (tertiary/aromatic N) is 5. The first kappa shape index (κ1) is 15.4. The summed E-state index contributed by atoms with van der Waals surface area (Å²) >= 11 is 0. The van der Waals surface area contributed by atoms with E-state index in [9.17, 15) is 0 Å². The van der Waals surface area contributed by atoms with Gasteiger partial charge in [0.1, 0.15) is 6.33 Å². The van der Waals surface area contributed by atoms with Crippen molar-refractivity contribution in [2.24, 2.45) is 0 Å². The maximum atomic E-state index is 4.33. The predicted molar refractivity (Wildman–Crippen MR) is 89.7 cm³/mol. The molecular weight excluding hydrogens is 286 g/mol. The highest BCUT2D eigenvalue weighted by Crippen LogP contribution is 2.18. The van der Waals surface area contributed by atoms with E-state index in [1.54, 1.807) is 18.7 Å². The van der Waals surface area contributed by atoms with E-state index in [0.29, 0.717) is 0 Å². The van der Waals surface area contributed by atoms with Gasteiger partial charge in [-0.05, 0) is 37.2 Å². The van der Waals surface area contributed by atoms with Crippen LogP contribution < -0.4 is 0 Å². The molecule has 0 aliphatic carbocycles. The lowest BCUT2D eigenvalue weighted by Crippen LogP contribution is -2.22. The van der Waals surface area contributed by atoms with Crippen molar-refractivity contribution in [1.82, 2.24) is 24.6 Å². The first-order valence-corrected chi connectivity index (χ1v) is 7.74. The number of benzene rings is 1. The van der Waals surface area contributed by atoms with Gasteiger partial charge in [-0.15, -0.1) is 0 Å². The fourth-order valence-electron chi connectivity index (χ4n) is 2.53. The Bertz CT molecular complexity index is 707. The topological polar surface area (TPSA) is 46.8 Å². The van der Waals surface area contributed by atoms with Crippen LogP contribution in [0.4, 0.5) is 0 Å². The third-order valence-corrected chi connectivity index (χ3v) is 4.05. The van der Waals surface area contributed by atoms with Gasteiger partial charge in [0.15, 0.2) is 0 Å². The van der Waals surface area contributed by atoms with Gasteiger partial charge in [0.2, 0.25) is 0 Å². The molecule has 0 N–H and O–H groups in total. The van der Waals surface area contributed by atoms with Crippen molar-refractivity contribution in [3.8, 4) is 0 Å². The third-order valence-electron chi connectivity index (χ3n) is 4.05. The average Bonchev–Trinajstić information content (AvgIpc) is 3.10. The van der Waals surface area contributed by atoms with Gasteiger partial charge in [0.25, 0.3) is 0 Å². The smallest absolute Gasteiger partial charge is 0.115 e. The zero-order valence-corrected chi connectivity index (χ0v) is 13.5. The first-order chi connectivity index (χ1) is 11.2. The molecule has 5 nitrogen and oxygen atoms in total. The fraction of sp³-hybridized carbons (Fsp3) is 0.278. The maximum absolute atomic E-state index is 4.33. The number of rotatable bonds is 6. The minimum atomic E-state index is 0.252. The lowest BCUT2D eigenvalue weighted by Gasteiger charge is -2.24. The molecule has 0 fully saturated rings. The summed E-state index contributed by atoms with van der Waals surface area (Å²) in [5.41, 5.74) is 3.58. The Morgan fingerprint density at radius 3 is 2.52 bits per heavy atom. The zero-order valence-electron chi connectivity index (χ0n) is 13.5. The van der Waals surface area contributed by atoms with Gasteiger partial charge in [-0.3, -0.25) is 9.58 Å². The van der Waals surface area contributed by atoms with E-state index < -0.39 is 0 Å². The van der Waals surface area contributed by atoms with E-state index in [4.69, 9.17) is 0 Å². The third kappa shape index (κ3) is 4.02. The molecule has 0 saturated heterocycles. The molecule has 3 rings (SSSR count). The number of aromatic nitrogens is 4. The van der Waals surface area contributed by atoms with Crippen molar-refractivity contribution >= 4 is 0 Å². The Kier molecular flexibility index (Phi) is 4.78. The highest BCUT2D eigenvalue weighted by atomic mass is 15.3. The molecule has 3 aromatic rings. The molecule has 118 valence electrons. The maximum Gasteiger partial charge on any atom is 0.115 e. The molecule has 0 bridgehead atoms. The van der Waals surface area contributed by atoms with Gasteiger partial charge < -0.3 is 0 Å². The number of hydrogen-bond acceptors (Lipinski definition) is 4. The second-order valence-electron chi connectivity index (χ2n) is 5.75. The van der Waals surface area contributed by atoms with Crippen LogP contribution >= 0.6 is 0 Å². The molecule has 1 aromatic carbocycles. The Morgan fingerprint density at radius 1 is 1.09 bits per heavy atom. The summed E-state index contributed by atoms with van der Waals surface area (Å²) in [6.45, 7) is 3.85. The van der Waals surface area contributed by atoms with Crippen LogP contribution in [-0.2, 0) is 13.1 Å². The Labute approximate surface area is 136 Å². The molecule has 0 unspecified atom stereocenters. The van der Waals surface area contributed by atoms with Gasteiger partial charge in [-0.25, -0.2) is 9.97 Å². The molecule has 0 aliphatic heterocycles. The van der Waals surface area contributed by atoms with Crippen LogP contribution in [0.2, 0.25) is 0 Å². The van der Waals surface area contributed by atoms with Crippen molar-refractivity contribution in [3.05, 3.63) is 78.1 Å². The van der Waals surface area contributed by atoms with E-state index in [2.05, 4.69) is 58.2 Å². The van der Waals surface area contributed by atoms with Crippen LogP contribution in [0.1, 0.15) is 29.8 Å². The highest BCUT2D eigenvalue weighted by Gasteiger charge is 2.13. The number of hydrogen-bond donors (Lipinski definition) is 0. The van der Waals surface area contributed by atoms with Gasteiger partial charge in [-0.2, -0.15) is 5.10 Å². The summed E-state index contributed by atoms with van der Waals surface area (Å²) in [6.07, 6.45) is 7.17. The van der Waals surface area contributed by atoms with Crippen molar-refractivity contribution in [2.45, 2.75) is 26.1 Å². The van der Waals surface area contributed by atoms with Gasteiger partial charge in [0.05, 0.1) is 12.2 Å². The average molecular weight is 307 g/mol. The molecule has 23 heavy (non-hydrogen) atoms. The molecule has 0 radical (unpaired) electrons. The zero-order chi connectivity index (χ0) is 16.1. The quantitative estimate of drug-likeness (QED) is 0.702. The summed E-state index contributed by atoms with van der Waals surface area (Å²) in [6, 6.07) is 12.9. The second kappa shape index (κ2) is 7.15. The highest BCUT2D eigenvalue weighted by molar-refractivity contribution is 5.23. The summed E-state index contributed by atoms with van der Waals surface area (Å²) in [5.74, 6) is 0. The van der Waals surface area contributed by atoms with Crippen LogP contribution in [0.15, 0.2) is 61.3 Å². The molecule has 2 aromatic heterocycles. The van der Waals surface area contributed by atoms with Crippen LogP contribution in [0.5, 0.6) is 0 Å². The molecule has 2 heterocycles. The van der Waals surface area contributed by atoms with E-state index in [0.717, 1.165) is 18.8 Å². The van der Waals surface area contributed by atoms with Crippen LogP contribution in [0, 0.1) is 0 Å². The van der Waals surface area contributed by atoms with Gasteiger partial charge >= 0.3 is 0 Å². The lowest BCUT2D eigenvalue weighted by molar-refractivity contribution is 0.248. The standard InChI is InChI=1S/C18H21N5/c1-15(18-8-10-19-14-20-18)22(2)12-16-4-6-17(7-5-16)13-23-11-3-9-21-23/h3-11,14-15H,12-13H2,1-2H3/t15-/m1/s1. The van der Waals surface area contributed by atoms with Gasteiger partial charge in [-0.1, -0.05) is 24.3 Å². The minimum Gasteiger partial charge on any atom is -0.294 e. The van der Waals surface area contributed by atoms with E-state index >= 15 is 0 Å². The summed E-state index contributed by atoms with van der Waals surface area (Å²) in [7, 11) is 2.12. The lowest BCUT2D eigenvalue weighted by atomic mass is 10.1. The molecule has 5 heteroatoms. The summed E-state index contributed by atoms with van der Waals surface area (Å²) in [4.78, 5) is 10.6. The second-order valence-corrected chi connectivity index (χ2v) is 5.75. The van der Waals surface area contributed by atoms with Crippen LogP contribution in [0.25, 0.3) is 0 Å². The summed E-state index contributed by atoms with van der Waals surface area (Å²) in [5, 5.41) is 4.24. The van der Waals surface area contributed by atoms with Crippen molar-refractivity contribution in [3.63, 3.8) is 0 Å². The SMILES string of the molecule is C[C@H](c1ccncn1)N(C)Cc1ccc(Cn2cccn2)cc1. The first-order valence-electron chi connectivity index (χ1n) is 7.74. The van der Waals surface area contributed by atoms with Crippen molar-refractivity contribution < 1.29 is 0 Å². The molecule has 0 aliphatic rings. The minimum absolute atomic E-state index is 0.252. The van der Waals surface area contributed by atoms with E-state index in [1.165, 1.54) is 11.1 Å². The summed E-state index contributed by atoms with van der Waals surface area (Å²) < 4.78 is 1.93. The van der Waals surface area contributed by atoms with E-state index in [-0.39, 0.29) is 6.04 Å². The van der Waals surface area contributed by atoms with Gasteiger partial charge in [0, 0.05) is 31.2 Å². The largest absolute Gasteiger partial charge is 0.294 e.